The SMILES string of the molecule is COc1ncccc1S(=O)O. The molecule has 5 heteroatoms. The van der Waals surface area contributed by atoms with Crippen molar-refractivity contribution in [1.82, 2.24) is 4.98 Å². The fourth-order valence-corrected chi connectivity index (χ4v) is 1.14. The molecule has 0 saturated heterocycles. The maximum atomic E-state index is 10.6. The van der Waals surface area contributed by atoms with Crippen molar-refractivity contribution in [2.24, 2.45) is 0 Å². The van der Waals surface area contributed by atoms with Crippen LogP contribution in [0.1, 0.15) is 0 Å². The van der Waals surface area contributed by atoms with Crippen molar-refractivity contribution in [2.75, 3.05) is 7.11 Å². The standard InChI is InChI=1S/C6H7NO3S/c1-10-6-5(11(8)9)3-2-4-7-6/h2-4H,1H3,(H,8,9). The Morgan fingerprint density at radius 1 is 1.73 bits per heavy atom. The predicted octanol–water partition coefficient (Wildman–Crippen LogP) is 0.671. The zero-order valence-electron chi connectivity index (χ0n) is 5.85. The zero-order chi connectivity index (χ0) is 8.27. The zero-order valence-corrected chi connectivity index (χ0v) is 6.67. The molecule has 1 unspecified atom stereocenters. The summed E-state index contributed by atoms with van der Waals surface area (Å²) in [5.41, 5.74) is 0. The lowest BCUT2D eigenvalue weighted by Crippen LogP contribution is -1.95. The number of rotatable bonds is 2. The van der Waals surface area contributed by atoms with Crippen LogP contribution in [-0.4, -0.2) is 20.9 Å². The molecule has 0 aliphatic carbocycles. The highest BCUT2D eigenvalue weighted by molar-refractivity contribution is 7.79. The van der Waals surface area contributed by atoms with Crippen LogP contribution in [0.2, 0.25) is 0 Å². The van der Waals surface area contributed by atoms with Crippen LogP contribution in [0.4, 0.5) is 0 Å². The van der Waals surface area contributed by atoms with E-state index in [0.717, 1.165) is 0 Å². The van der Waals surface area contributed by atoms with Gasteiger partial charge in [0, 0.05) is 6.20 Å². The van der Waals surface area contributed by atoms with Gasteiger partial charge in [0.05, 0.1) is 7.11 Å². The maximum absolute atomic E-state index is 10.6. The van der Waals surface area contributed by atoms with Gasteiger partial charge in [0.1, 0.15) is 4.90 Å². The third-order valence-electron chi connectivity index (χ3n) is 1.12. The van der Waals surface area contributed by atoms with E-state index in [1.807, 2.05) is 0 Å². The molecule has 1 heterocycles. The first kappa shape index (κ1) is 8.16. The van der Waals surface area contributed by atoms with Gasteiger partial charge in [0.2, 0.25) is 5.88 Å². The molecule has 1 atom stereocenters. The number of hydrogen-bond acceptors (Lipinski definition) is 3. The van der Waals surface area contributed by atoms with Crippen molar-refractivity contribution in [3.63, 3.8) is 0 Å². The molecular formula is C6H7NO3S. The Hall–Kier alpha value is -0.940. The number of hydrogen-bond donors (Lipinski definition) is 1. The number of aromatic nitrogens is 1. The molecule has 0 saturated carbocycles. The van der Waals surface area contributed by atoms with Crippen LogP contribution in [0.5, 0.6) is 5.88 Å². The van der Waals surface area contributed by atoms with E-state index in [9.17, 15) is 4.21 Å². The Morgan fingerprint density at radius 3 is 2.91 bits per heavy atom. The highest BCUT2D eigenvalue weighted by Crippen LogP contribution is 2.15. The minimum atomic E-state index is -2.03. The number of pyridine rings is 1. The van der Waals surface area contributed by atoms with Crippen LogP contribution in [0.25, 0.3) is 0 Å². The van der Waals surface area contributed by atoms with E-state index in [0.29, 0.717) is 0 Å². The van der Waals surface area contributed by atoms with Gasteiger partial charge >= 0.3 is 0 Å². The highest BCUT2D eigenvalue weighted by atomic mass is 32.2. The minimum absolute atomic E-state index is 0.188. The van der Waals surface area contributed by atoms with Gasteiger partial charge in [0.15, 0.2) is 11.1 Å². The lowest BCUT2D eigenvalue weighted by molar-refractivity contribution is 0.384. The van der Waals surface area contributed by atoms with Gasteiger partial charge in [-0.25, -0.2) is 9.19 Å². The van der Waals surface area contributed by atoms with Gasteiger partial charge in [-0.2, -0.15) is 0 Å². The second kappa shape index (κ2) is 3.45. The summed E-state index contributed by atoms with van der Waals surface area (Å²) in [6, 6.07) is 3.06. The number of nitrogens with zero attached hydrogens (tertiary/aromatic N) is 1. The van der Waals surface area contributed by atoms with E-state index in [2.05, 4.69) is 4.98 Å². The second-order valence-corrected chi connectivity index (χ2v) is 2.70. The lowest BCUT2D eigenvalue weighted by Gasteiger charge is -2.00. The van der Waals surface area contributed by atoms with E-state index < -0.39 is 11.1 Å². The van der Waals surface area contributed by atoms with E-state index in [1.165, 1.54) is 19.4 Å². The van der Waals surface area contributed by atoms with Gasteiger partial charge in [-0.15, -0.1) is 0 Å². The Labute approximate surface area is 66.5 Å². The van der Waals surface area contributed by atoms with Crippen LogP contribution in [0, 0.1) is 0 Å². The van der Waals surface area contributed by atoms with Gasteiger partial charge in [0.25, 0.3) is 0 Å². The Balaban J connectivity index is 3.12. The molecule has 60 valence electrons. The van der Waals surface area contributed by atoms with Crippen LogP contribution in [-0.2, 0) is 11.1 Å². The molecule has 11 heavy (non-hydrogen) atoms. The number of methoxy groups -OCH3 is 1. The fraction of sp³-hybridized carbons (Fsp3) is 0.167. The molecule has 0 aliphatic heterocycles. The van der Waals surface area contributed by atoms with E-state index in [-0.39, 0.29) is 10.8 Å². The smallest absolute Gasteiger partial charge is 0.232 e. The molecule has 0 amide bonds. The summed E-state index contributed by atoms with van der Waals surface area (Å²) in [4.78, 5) is 3.93. The summed E-state index contributed by atoms with van der Waals surface area (Å²) >= 11 is -2.03. The molecule has 0 radical (unpaired) electrons. The largest absolute Gasteiger partial charge is 0.480 e. The first-order chi connectivity index (χ1) is 5.25. The molecule has 0 aliphatic rings. The third-order valence-corrected chi connectivity index (χ3v) is 1.80. The average Bonchev–Trinajstić information content (AvgIpc) is 2.04. The van der Waals surface area contributed by atoms with Crippen LogP contribution in [0.15, 0.2) is 23.2 Å². The second-order valence-electron chi connectivity index (χ2n) is 1.76. The topological polar surface area (TPSA) is 59.4 Å². The Kier molecular flexibility index (Phi) is 2.56. The minimum Gasteiger partial charge on any atom is -0.480 e. The van der Waals surface area contributed by atoms with Crippen molar-refractivity contribution in [2.45, 2.75) is 4.90 Å². The molecular weight excluding hydrogens is 166 g/mol. The molecule has 1 rings (SSSR count). The van der Waals surface area contributed by atoms with E-state index in [4.69, 9.17) is 9.29 Å². The average molecular weight is 173 g/mol. The predicted molar refractivity (Wildman–Crippen MR) is 39.8 cm³/mol. The third kappa shape index (κ3) is 1.75. The molecule has 0 spiro atoms. The lowest BCUT2D eigenvalue weighted by atomic mass is 10.5. The molecule has 1 aromatic heterocycles. The van der Waals surface area contributed by atoms with E-state index in [1.54, 1.807) is 6.07 Å². The Bertz CT molecular complexity index is 276. The van der Waals surface area contributed by atoms with Gasteiger partial charge in [-0.05, 0) is 12.1 Å². The summed E-state index contributed by atoms with van der Waals surface area (Å²) < 4.78 is 24.0. The van der Waals surface area contributed by atoms with Crippen molar-refractivity contribution in [3.05, 3.63) is 18.3 Å². The molecule has 4 nitrogen and oxygen atoms in total. The molecule has 0 fully saturated rings. The van der Waals surface area contributed by atoms with Gasteiger partial charge in [-0.1, -0.05) is 0 Å². The summed E-state index contributed by atoms with van der Waals surface area (Å²) in [5.74, 6) is 0.188. The van der Waals surface area contributed by atoms with Crippen molar-refractivity contribution >= 4 is 11.1 Å². The summed E-state index contributed by atoms with van der Waals surface area (Å²) in [6.07, 6.45) is 1.50. The summed E-state index contributed by atoms with van der Waals surface area (Å²) in [7, 11) is 1.40. The quantitative estimate of drug-likeness (QED) is 0.668. The highest BCUT2D eigenvalue weighted by Gasteiger charge is 2.07. The molecule has 0 aromatic carbocycles. The van der Waals surface area contributed by atoms with Gasteiger partial charge in [-0.3, -0.25) is 0 Å². The fourth-order valence-electron chi connectivity index (χ4n) is 0.662. The van der Waals surface area contributed by atoms with Gasteiger partial charge < -0.3 is 9.29 Å². The maximum Gasteiger partial charge on any atom is 0.232 e. The Morgan fingerprint density at radius 2 is 2.45 bits per heavy atom. The summed E-state index contributed by atoms with van der Waals surface area (Å²) in [6.45, 7) is 0. The number of ether oxygens (including phenoxy) is 1. The van der Waals surface area contributed by atoms with Crippen LogP contribution in [0.3, 0.4) is 0 Å². The molecule has 0 bridgehead atoms. The molecule has 1 aromatic rings. The molecule has 1 N–H and O–H groups in total. The van der Waals surface area contributed by atoms with Crippen LogP contribution < -0.4 is 4.74 Å². The van der Waals surface area contributed by atoms with E-state index >= 15 is 0 Å². The first-order valence-corrected chi connectivity index (χ1v) is 3.96. The first-order valence-electron chi connectivity index (χ1n) is 2.85. The normalized spacial score (nSPS) is 12.5. The summed E-state index contributed by atoms with van der Waals surface area (Å²) in [5, 5.41) is 0. The monoisotopic (exact) mass is 173 g/mol. The van der Waals surface area contributed by atoms with Crippen molar-refractivity contribution in [3.8, 4) is 5.88 Å². The van der Waals surface area contributed by atoms with Crippen molar-refractivity contribution < 1.29 is 13.5 Å². The van der Waals surface area contributed by atoms with Crippen LogP contribution >= 0.6 is 0 Å². The van der Waals surface area contributed by atoms with Crippen molar-refractivity contribution in [1.29, 1.82) is 0 Å².